The van der Waals surface area contributed by atoms with Gasteiger partial charge in [0.15, 0.2) is 0 Å². The Morgan fingerprint density at radius 2 is 2.16 bits per heavy atom. The third kappa shape index (κ3) is 3.57. The molecule has 1 aliphatic heterocycles. The van der Waals surface area contributed by atoms with Gasteiger partial charge in [-0.25, -0.2) is 0 Å². The molecule has 0 bridgehead atoms. The van der Waals surface area contributed by atoms with Gasteiger partial charge in [0.1, 0.15) is 0 Å². The highest BCUT2D eigenvalue weighted by atomic mass is 16.2. The zero-order chi connectivity index (χ0) is 13.8. The van der Waals surface area contributed by atoms with Gasteiger partial charge >= 0.3 is 0 Å². The monoisotopic (exact) mass is 260 g/mol. The first-order chi connectivity index (χ1) is 9.08. The molecule has 19 heavy (non-hydrogen) atoms. The van der Waals surface area contributed by atoms with E-state index in [4.69, 9.17) is 0 Å². The van der Waals surface area contributed by atoms with Crippen LogP contribution < -0.4 is 5.32 Å². The number of aryl methyl sites for hydroxylation is 2. The lowest BCUT2D eigenvalue weighted by molar-refractivity contribution is -0.133. The highest BCUT2D eigenvalue weighted by molar-refractivity contribution is 5.81. The van der Waals surface area contributed by atoms with Gasteiger partial charge in [-0.05, 0) is 44.4 Å². The summed E-state index contributed by atoms with van der Waals surface area (Å²) in [6.07, 6.45) is 3.31. The van der Waals surface area contributed by atoms with E-state index in [-0.39, 0.29) is 11.9 Å². The standard InChI is InChI=1S/C16H24N2O/c1-12-7-8-14(13(2)10-12)11-18(3)16(19)15-6-4-5-9-17-15/h7-8,10,15,17H,4-6,9,11H2,1-3H3/t15-/m0/s1. The zero-order valence-electron chi connectivity index (χ0n) is 12.2. The molecule has 0 radical (unpaired) electrons. The van der Waals surface area contributed by atoms with Crippen LogP contribution in [-0.4, -0.2) is 30.4 Å². The second-order valence-electron chi connectivity index (χ2n) is 5.63. The van der Waals surface area contributed by atoms with Gasteiger partial charge in [0.25, 0.3) is 0 Å². The maximum atomic E-state index is 12.3. The molecule has 1 aromatic carbocycles. The minimum Gasteiger partial charge on any atom is -0.340 e. The van der Waals surface area contributed by atoms with Crippen molar-refractivity contribution in [2.75, 3.05) is 13.6 Å². The van der Waals surface area contributed by atoms with E-state index in [9.17, 15) is 4.79 Å². The molecule has 1 aliphatic rings. The van der Waals surface area contributed by atoms with Crippen LogP contribution in [0.4, 0.5) is 0 Å². The van der Waals surface area contributed by atoms with E-state index in [1.807, 2.05) is 11.9 Å². The largest absolute Gasteiger partial charge is 0.340 e. The maximum Gasteiger partial charge on any atom is 0.239 e. The third-order valence-electron chi connectivity index (χ3n) is 3.89. The molecule has 1 saturated heterocycles. The summed E-state index contributed by atoms with van der Waals surface area (Å²) in [6.45, 7) is 5.87. The summed E-state index contributed by atoms with van der Waals surface area (Å²) in [5, 5.41) is 3.32. The number of carbonyl (C=O) groups excluding carboxylic acids is 1. The number of hydrogen-bond acceptors (Lipinski definition) is 2. The van der Waals surface area contributed by atoms with Crippen LogP contribution in [0.15, 0.2) is 18.2 Å². The molecule has 0 spiro atoms. The molecule has 0 aliphatic carbocycles. The predicted octanol–water partition coefficient (Wildman–Crippen LogP) is 2.40. The summed E-state index contributed by atoms with van der Waals surface area (Å²) in [5.74, 6) is 0.222. The van der Waals surface area contributed by atoms with E-state index in [1.165, 1.54) is 23.1 Å². The Labute approximate surface area is 116 Å². The molecule has 1 N–H and O–H groups in total. The number of rotatable bonds is 3. The maximum absolute atomic E-state index is 12.3. The SMILES string of the molecule is Cc1ccc(CN(C)C(=O)[C@@H]2CCCCN2)c(C)c1. The number of likely N-dealkylation sites (N-methyl/N-ethyl adjacent to an activating group) is 1. The number of carbonyl (C=O) groups is 1. The second kappa shape index (κ2) is 6.20. The molecule has 2 rings (SSSR count). The van der Waals surface area contributed by atoms with Crippen molar-refractivity contribution in [2.45, 2.75) is 45.7 Å². The molecule has 1 aromatic rings. The molecule has 3 nitrogen and oxygen atoms in total. The quantitative estimate of drug-likeness (QED) is 0.905. The first-order valence-corrected chi connectivity index (χ1v) is 7.12. The van der Waals surface area contributed by atoms with E-state index in [2.05, 4.69) is 37.4 Å². The van der Waals surface area contributed by atoms with Gasteiger partial charge in [0, 0.05) is 13.6 Å². The summed E-state index contributed by atoms with van der Waals surface area (Å²) in [5.41, 5.74) is 3.76. The van der Waals surface area contributed by atoms with E-state index in [0.717, 1.165) is 19.4 Å². The smallest absolute Gasteiger partial charge is 0.239 e. The lowest BCUT2D eigenvalue weighted by Crippen LogP contribution is -2.47. The lowest BCUT2D eigenvalue weighted by atomic mass is 10.0. The Morgan fingerprint density at radius 1 is 1.37 bits per heavy atom. The van der Waals surface area contributed by atoms with E-state index in [0.29, 0.717) is 6.54 Å². The Hall–Kier alpha value is -1.35. The third-order valence-corrected chi connectivity index (χ3v) is 3.89. The van der Waals surface area contributed by atoms with Gasteiger partial charge in [-0.1, -0.05) is 30.2 Å². The van der Waals surface area contributed by atoms with Gasteiger partial charge < -0.3 is 10.2 Å². The number of amides is 1. The molecule has 1 amide bonds. The lowest BCUT2D eigenvalue weighted by Gasteiger charge is -2.28. The molecule has 0 saturated carbocycles. The molecule has 1 heterocycles. The van der Waals surface area contributed by atoms with Gasteiger partial charge in [0.2, 0.25) is 5.91 Å². The molecule has 104 valence electrons. The van der Waals surface area contributed by atoms with Crippen LogP contribution in [0.3, 0.4) is 0 Å². The fourth-order valence-corrected chi connectivity index (χ4v) is 2.69. The normalized spacial score (nSPS) is 19.2. The van der Waals surface area contributed by atoms with Crippen LogP contribution >= 0.6 is 0 Å². The van der Waals surface area contributed by atoms with Crippen molar-refractivity contribution in [3.05, 3.63) is 34.9 Å². The topological polar surface area (TPSA) is 32.3 Å². The summed E-state index contributed by atoms with van der Waals surface area (Å²) < 4.78 is 0. The zero-order valence-corrected chi connectivity index (χ0v) is 12.2. The number of nitrogens with zero attached hydrogens (tertiary/aromatic N) is 1. The highest BCUT2D eigenvalue weighted by Crippen LogP contribution is 2.15. The minimum atomic E-state index is 0.0181. The summed E-state index contributed by atoms with van der Waals surface area (Å²) in [7, 11) is 1.90. The summed E-state index contributed by atoms with van der Waals surface area (Å²) in [4.78, 5) is 14.2. The van der Waals surface area contributed by atoms with Crippen molar-refractivity contribution in [3.63, 3.8) is 0 Å². The van der Waals surface area contributed by atoms with Crippen molar-refractivity contribution in [1.29, 1.82) is 0 Å². The van der Waals surface area contributed by atoms with Crippen molar-refractivity contribution in [1.82, 2.24) is 10.2 Å². The number of benzene rings is 1. The average Bonchev–Trinajstić information content (AvgIpc) is 2.42. The molecule has 1 fully saturated rings. The minimum absolute atomic E-state index is 0.0181. The van der Waals surface area contributed by atoms with E-state index < -0.39 is 0 Å². The number of piperidine rings is 1. The summed E-state index contributed by atoms with van der Waals surface area (Å²) in [6, 6.07) is 6.43. The highest BCUT2D eigenvalue weighted by Gasteiger charge is 2.23. The van der Waals surface area contributed by atoms with Crippen LogP contribution in [0.25, 0.3) is 0 Å². The Kier molecular flexibility index (Phi) is 4.59. The van der Waals surface area contributed by atoms with Crippen LogP contribution in [0, 0.1) is 13.8 Å². The molecule has 1 atom stereocenters. The van der Waals surface area contributed by atoms with Crippen molar-refractivity contribution in [3.8, 4) is 0 Å². The first-order valence-electron chi connectivity index (χ1n) is 7.12. The van der Waals surface area contributed by atoms with Crippen LogP contribution in [-0.2, 0) is 11.3 Å². The summed E-state index contributed by atoms with van der Waals surface area (Å²) >= 11 is 0. The Bertz CT molecular complexity index is 450. The van der Waals surface area contributed by atoms with Crippen molar-refractivity contribution >= 4 is 5.91 Å². The van der Waals surface area contributed by atoms with E-state index >= 15 is 0 Å². The fraction of sp³-hybridized carbons (Fsp3) is 0.562. The fourth-order valence-electron chi connectivity index (χ4n) is 2.69. The van der Waals surface area contributed by atoms with Gasteiger partial charge in [-0.3, -0.25) is 4.79 Å². The van der Waals surface area contributed by atoms with Crippen molar-refractivity contribution in [2.24, 2.45) is 0 Å². The van der Waals surface area contributed by atoms with E-state index in [1.54, 1.807) is 0 Å². The Balaban J connectivity index is 1.99. The molecule has 3 heteroatoms. The van der Waals surface area contributed by atoms with Gasteiger partial charge in [-0.15, -0.1) is 0 Å². The predicted molar refractivity (Wildman–Crippen MR) is 78.0 cm³/mol. The van der Waals surface area contributed by atoms with Gasteiger partial charge in [-0.2, -0.15) is 0 Å². The number of nitrogens with one attached hydrogen (secondary N) is 1. The molecular formula is C16H24N2O. The number of hydrogen-bond donors (Lipinski definition) is 1. The van der Waals surface area contributed by atoms with Crippen molar-refractivity contribution < 1.29 is 4.79 Å². The molecule has 0 unspecified atom stereocenters. The molecule has 0 aromatic heterocycles. The molecular weight excluding hydrogens is 236 g/mol. The van der Waals surface area contributed by atoms with Crippen LogP contribution in [0.5, 0.6) is 0 Å². The average molecular weight is 260 g/mol. The van der Waals surface area contributed by atoms with Crippen LogP contribution in [0.1, 0.15) is 36.0 Å². The van der Waals surface area contributed by atoms with Gasteiger partial charge in [0.05, 0.1) is 6.04 Å². The van der Waals surface area contributed by atoms with Crippen LogP contribution in [0.2, 0.25) is 0 Å². The first kappa shape index (κ1) is 14.1. The second-order valence-corrected chi connectivity index (χ2v) is 5.63. The Morgan fingerprint density at radius 3 is 2.79 bits per heavy atom.